The second-order valence-electron chi connectivity index (χ2n) is 7.07. The van der Waals surface area contributed by atoms with Crippen LogP contribution >= 0.6 is 0 Å². The summed E-state index contributed by atoms with van der Waals surface area (Å²) in [7, 11) is 0. The van der Waals surface area contributed by atoms with Crippen LogP contribution < -0.4 is 4.74 Å². The summed E-state index contributed by atoms with van der Waals surface area (Å²) in [5.74, 6) is 1.07. The number of carbonyl (C=O) groups excluding carboxylic acids is 1. The highest BCUT2D eigenvalue weighted by molar-refractivity contribution is 5.77. The monoisotopic (exact) mass is 374 g/mol. The molecule has 1 amide bonds. The van der Waals surface area contributed by atoms with Gasteiger partial charge in [-0.05, 0) is 42.7 Å². The molecule has 1 aromatic heterocycles. The van der Waals surface area contributed by atoms with Gasteiger partial charge in [0.15, 0.2) is 0 Å². The van der Waals surface area contributed by atoms with Gasteiger partial charge in [-0.3, -0.25) is 4.79 Å². The SMILES string of the molecule is CCOc1ccccc1CCC(=O)N1CCn2cccc2[C@@H]1c1ccccc1. The molecule has 1 atom stereocenters. The molecule has 0 radical (unpaired) electrons. The zero-order chi connectivity index (χ0) is 19.3. The molecule has 0 aliphatic carbocycles. The maximum atomic E-state index is 13.2. The second-order valence-corrected chi connectivity index (χ2v) is 7.07. The molecule has 2 aromatic carbocycles. The predicted octanol–water partition coefficient (Wildman–Crippen LogP) is 4.45. The van der Waals surface area contributed by atoms with E-state index in [-0.39, 0.29) is 11.9 Å². The third-order valence-electron chi connectivity index (χ3n) is 5.35. The van der Waals surface area contributed by atoms with Crippen LogP contribution in [0.4, 0.5) is 0 Å². The van der Waals surface area contributed by atoms with Crippen LogP contribution in [0.2, 0.25) is 0 Å². The van der Waals surface area contributed by atoms with E-state index in [1.54, 1.807) is 0 Å². The van der Waals surface area contributed by atoms with Crippen LogP contribution in [0, 0.1) is 0 Å². The molecule has 0 bridgehead atoms. The Kier molecular flexibility index (Phi) is 5.47. The van der Waals surface area contributed by atoms with Gasteiger partial charge in [0.25, 0.3) is 0 Å². The van der Waals surface area contributed by atoms with Gasteiger partial charge in [0.1, 0.15) is 5.75 Å². The molecule has 0 unspecified atom stereocenters. The largest absolute Gasteiger partial charge is 0.494 e. The smallest absolute Gasteiger partial charge is 0.223 e. The summed E-state index contributed by atoms with van der Waals surface area (Å²) in [6, 6.07) is 22.5. The molecule has 4 nitrogen and oxygen atoms in total. The van der Waals surface area contributed by atoms with Crippen LogP contribution in [0.25, 0.3) is 0 Å². The number of fused-ring (bicyclic) bond motifs is 1. The summed E-state index contributed by atoms with van der Waals surface area (Å²) < 4.78 is 7.97. The van der Waals surface area contributed by atoms with E-state index in [1.165, 1.54) is 5.69 Å². The highest BCUT2D eigenvalue weighted by Crippen LogP contribution is 2.33. The van der Waals surface area contributed by atoms with Crippen LogP contribution in [-0.2, 0) is 17.8 Å². The van der Waals surface area contributed by atoms with E-state index < -0.39 is 0 Å². The normalized spacial score (nSPS) is 15.9. The maximum Gasteiger partial charge on any atom is 0.223 e. The standard InChI is InChI=1S/C24H26N2O2/c1-2-28-22-13-7-6-9-19(22)14-15-23(27)26-18-17-25-16-8-12-21(25)24(26)20-10-4-3-5-11-20/h3-13,16,24H,2,14-15,17-18H2,1H3/t24-/m0/s1. The van der Waals surface area contributed by atoms with Gasteiger partial charge in [-0.2, -0.15) is 0 Å². The first-order valence-corrected chi connectivity index (χ1v) is 9.98. The average Bonchev–Trinajstić information content (AvgIpc) is 3.22. The fraction of sp³-hybridized carbons (Fsp3) is 0.292. The van der Waals surface area contributed by atoms with E-state index in [1.807, 2.05) is 54.3 Å². The summed E-state index contributed by atoms with van der Waals surface area (Å²) in [6.07, 6.45) is 3.27. The molecular formula is C24H26N2O2. The van der Waals surface area contributed by atoms with Crippen LogP contribution in [0.15, 0.2) is 72.9 Å². The van der Waals surface area contributed by atoms with E-state index in [2.05, 4.69) is 35.0 Å². The first-order chi connectivity index (χ1) is 13.8. The minimum absolute atomic E-state index is 0.0282. The lowest BCUT2D eigenvalue weighted by Gasteiger charge is -2.37. The van der Waals surface area contributed by atoms with Crippen molar-refractivity contribution in [3.8, 4) is 5.75 Å². The number of aryl methyl sites for hydroxylation is 1. The second kappa shape index (κ2) is 8.34. The quantitative estimate of drug-likeness (QED) is 0.639. The van der Waals surface area contributed by atoms with Crippen LogP contribution in [0.3, 0.4) is 0 Å². The highest BCUT2D eigenvalue weighted by Gasteiger charge is 2.31. The molecule has 0 fully saturated rings. The molecule has 0 N–H and O–H groups in total. The first kappa shape index (κ1) is 18.4. The summed E-state index contributed by atoms with van der Waals surface area (Å²) in [6.45, 7) is 4.18. The van der Waals surface area contributed by atoms with Crippen molar-refractivity contribution in [2.45, 2.75) is 32.4 Å². The molecule has 0 saturated carbocycles. The van der Waals surface area contributed by atoms with Crippen molar-refractivity contribution in [2.24, 2.45) is 0 Å². The highest BCUT2D eigenvalue weighted by atomic mass is 16.5. The maximum absolute atomic E-state index is 13.2. The fourth-order valence-corrected chi connectivity index (χ4v) is 4.03. The van der Waals surface area contributed by atoms with Crippen molar-refractivity contribution in [2.75, 3.05) is 13.2 Å². The fourth-order valence-electron chi connectivity index (χ4n) is 4.03. The first-order valence-electron chi connectivity index (χ1n) is 9.98. The van der Waals surface area contributed by atoms with Crippen molar-refractivity contribution in [3.63, 3.8) is 0 Å². The topological polar surface area (TPSA) is 34.5 Å². The minimum Gasteiger partial charge on any atom is -0.494 e. The van der Waals surface area contributed by atoms with E-state index in [0.29, 0.717) is 19.4 Å². The molecule has 1 aliphatic rings. The predicted molar refractivity (Wildman–Crippen MR) is 110 cm³/mol. The molecule has 28 heavy (non-hydrogen) atoms. The van der Waals surface area contributed by atoms with Gasteiger partial charge in [0, 0.05) is 31.4 Å². The number of hydrogen-bond acceptors (Lipinski definition) is 2. The molecular weight excluding hydrogens is 348 g/mol. The molecule has 1 aliphatic heterocycles. The summed E-state index contributed by atoms with van der Waals surface area (Å²) in [5.41, 5.74) is 3.43. The summed E-state index contributed by atoms with van der Waals surface area (Å²) >= 11 is 0. The van der Waals surface area contributed by atoms with Gasteiger partial charge >= 0.3 is 0 Å². The molecule has 144 valence electrons. The van der Waals surface area contributed by atoms with Gasteiger partial charge in [-0.15, -0.1) is 0 Å². The summed E-state index contributed by atoms with van der Waals surface area (Å²) in [5, 5.41) is 0. The van der Waals surface area contributed by atoms with Crippen molar-refractivity contribution in [3.05, 3.63) is 89.7 Å². The molecule has 3 aromatic rings. The molecule has 0 spiro atoms. The Balaban J connectivity index is 1.55. The Bertz CT molecular complexity index is 933. The van der Waals surface area contributed by atoms with Crippen molar-refractivity contribution in [1.29, 1.82) is 0 Å². The number of rotatable bonds is 6. The zero-order valence-electron chi connectivity index (χ0n) is 16.3. The van der Waals surface area contributed by atoms with Gasteiger partial charge in [-0.25, -0.2) is 0 Å². The van der Waals surface area contributed by atoms with Gasteiger partial charge in [0.2, 0.25) is 5.91 Å². The molecule has 4 heteroatoms. The van der Waals surface area contributed by atoms with E-state index in [4.69, 9.17) is 4.74 Å². The summed E-state index contributed by atoms with van der Waals surface area (Å²) in [4.78, 5) is 15.3. The average molecular weight is 374 g/mol. The number of hydrogen-bond donors (Lipinski definition) is 0. The lowest BCUT2D eigenvalue weighted by atomic mass is 9.99. The lowest BCUT2D eigenvalue weighted by Crippen LogP contribution is -2.42. The zero-order valence-corrected chi connectivity index (χ0v) is 16.3. The van der Waals surface area contributed by atoms with Gasteiger partial charge in [0.05, 0.1) is 12.6 Å². The van der Waals surface area contributed by atoms with Crippen molar-refractivity contribution >= 4 is 5.91 Å². The van der Waals surface area contributed by atoms with E-state index >= 15 is 0 Å². The Morgan fingerprint density at radius 3 is 2.61 bits per heavy atom. The third-order valence-corrected chi connectivity index (χ3v) is 5.35. The number of benzene rings is 2. The van der Waals surface area contributed by atoms with Crippen LogP contribution in [0.5, 0.6) is 5.75 Å². The molecule has 0 saturated heterocycles. The third kappa shape index (κ3) is 3.68. The lowest BCUT2D eigenvalue weighted by molar-refractivity contribution is -0.133. The number of nitrogens with zero attached hydrogens (tertiary/aromatic N) is 2. The van der Waals surface area contributed by atoms with Crippen LogP contribution in [0.1, 0.15) is 36.2 Å². The number of ether oxygens (including phenoxy) is 1. The number of aromatic nitrogens is 1. The Morgan fingerprint density at radius 1 is 1.00 bits per heavy atom. The molecule has 2 heterocycles. The number of amides is 1. The minimum atomic E-state index is -0.0282. The van der Waals surface area contributed by atoms with Gasteiger partial charge < -0.3 is 14.2 Å². The van der Waals surface area contributed by atoms with Gasteiger partial charge in [-0.1, -0.05) is 48.5 Å². The van der Waals surface area contributed by atoms with E-state index in [9.17, 15) is 4.79 Å². The Morgan fingerprint density at radius 2 is 1.79 bits per heavy atom. The molecule has 4 rings (SSSR count). The number of para-hydroxylation sites is 1. The number of carbonyl (C=O) groups is 1. The van der Waals surface area contributed by atoms with Crippen molar-refractivity contribution in [1.82, 2.24) is 9.47 Å². The van der Waals surface area contributed by atoms with E-state index in [0.717, 1.165) is 30.0 Å². The Labute approximate surface area is 166 Å². The van der Waals surface area contributed by atoms with Crippen LogP contribution in [-0.4, -0.2) is 28.5 Å². The van der Waals surface area contributed by atoms with Crippen molar-refractivity contribution < 1.29 is 9.53 Å². The Hall–Kier alpha value is -3.01.